The van der Waals surface area contributed by atoms with Crippen molar-refractivity contribution in [2.45, 2.75) is 82.6 Å². The maximum atomic E-state index is 14.9. The van der Waals surface area contributed by atoms with Crippen molar-refractivity contribution < 1.29 is 18.7 Å². The number of hydrogen-bond acceptors (Lipinski definition) is 7. The van der Waals surface area contributed by atoms with Gasteiger partial charge in [-0.1, -0.05) is 24.3 Å². The van der Waals surface area contributed by atoms with Gasteiger partial charge < -0.3 is 20.3 Å². The summed E-state index contributed by atoms with van der Waals surface area (Å²) < 4.78 is 20.7. The summed E-state index contributed by atoms with van der Waals surface area (Å²) in [5.41, 5.74) is 7.23. The smallest absolute Gasteiger partial charge is 0.258 e. The Bertz CT molecular complexity index is 1870. The number of nitrogens with one attached hydrogen (secondary N) is 3. The SMILES string of the molecule is Cc1cc(-c2ccc3c(c2)[C@H]([C@H](NC(=O)C2(F)CC2)C(=O)Nc2ccc(-c4c(C)n[nH]c4C)cc2)CC3)nc(N2CC3C[C@H]2CO3)n1. The molecule has 4 aliphatic rings. The topological polar surface area (TPSA) is 125 Å². The largest absolute Gasteiger partial charge is 0.374 e. The molecule has 2 amide bonds. The number of alkyl halides is 1. The molecule has 4 atom stereocenters. The minimum Gasteiger partial charge on any atom is -0.374 e. The zero-order valence-electron chi connectivity index (χ0n) is 26.8. The van der Waals surface area contributed by atoms with E-state index in [4.69, 9.17) is 14.7 Å². The van der Waals surface area contributed by atoms with Crippen LogP contribution in [0.15, 0.2) is 48.5 Å². The van der Waals surface area contributed by atoms with Crippen LogP contribution in [0.25, 0.3) is 22.4 Å². The van der Waals surface area contributed by atoms with Gasteiger partial charge >= 0.3 is 0 Å². The van der Waals surface area contributed by atoms with E-state index in [2.05, 4.69) is 43.9 Å². The lowest BCUT2D eigenvalue weighted by Crippen LogP contribution is -2.50. The Balaban J connectivity index is 1.08. The van der Waals surface area contributed by atoms with E-state index in [9.17, 15) is 14.0 Å². The molecule has 4 heterocycles. The van der Waals surface area contributed by atoms with Crippen molar-refractivity contribution in [3.05, 3.63) is 76.7 Å². The summed E-state index contributed by atoms with van der Waals surface area (Å²) in [5, 5.41) is 13.1. The van der Waals surface area contributed by atoms with Gasteiger partial charge in [0.05, 0.1) is 30.1 Å². The summed E-state index contributed by atoms with van der Waals surface area (Å²) in [5.74, 6) is -0.719. The monoisotopic (exact) mass is 635 g/mol. The van der Waals surface area contributed by atoms with Gasteiger partial charge in [-0.15, -0.1) is 0 Å². The van der Waals surface area contributed by atoms with E-state index in [0.717, 1.165) is 70.0 Å². The number of aryl methyl sites for hydroxylation is 4. The lowest BCUT2D eigenvalue weighted by atomic mass is 9.90. The molecular formula is C36H38FN7O3. The molecule has 2 bridgehead atoms. The minimum absolute atomic E-state index is 0.174. The normalized spacial score (nSPS) is 22.6. The Hall–Kier alpha value is -4.64. The standard InChI is InChI=1S/C36H38FN7O3/c1-19-14-30(40-35(38-19)44-17-27-16-26(44)18-47-27)24-5-4-22-8-11-28(29(22)15-24)32(41-34(46)36(37)12-13-36)33(45)39-25-9-6-23(7-10-25)31-20(2)42-43-21(31)3/h4-7,9-10,14-15,26-28,32H,8,11-13,16-18H2,1-3H3,(H,39,45)(H,41,46)(H,42,43)/t26-,27?,28+,32-/m0/s1. The fraction of sp³-hybridized carbons (Fsp3) is 0.417. The van der Waals surface area contributed by atoms with E-state index in [0.29, 0.717) is 30.7 Å². The number of rotatable bonds is 8. The molecule has 2 saturated heterocycles. The molecule has 0 radical (unpaired) electrons. The number of amides is 2. The fourth-order valence-electron chi connectivity index (χ4n) is 7.49. The van der Waals surface area contributed by atoms with Crippen molar-refractivity contribution in [2.24, 2.45) is 0 Å². The molecule has 1 unspecified atom stereocenters. The highest BCUT2D eigenvalue weighted by molar-refractivity contribution is 6.00. The van der Waals surface area contributed by atoms with E-state index in [-0.39, 0.29) is 30.8 Å². The number of morpholine rings is 1. The first kappa shape index (κ1) is 29.7. The third kappa shape index (κ3) is 5.46. The van der Waals surface area contributed by atoms with Crippen LogP contribution in [0.3, 0.4) is 0 Å². The number of aromatic amines is 1. The zero-order valence-corrected chi connectivity index (χ0v) is 26.8. The molecule has 2 aromatic carbocycles. The molecule has 2 aromatic heterocycles. The second kappa shape index (κ2) is 11.3. The second-order valence-corrected chi connectivity index (χ2v) is 13.5. The first-order chi connectivity index (χ1) is 22.6. The molecule has 4 aromatic rings. The van der Waals surface area contributed by atoms with Gasteiger partial charge in [-0.2, -0.15) is 5.10 Å². The van der Waals surface area contributed by atoms with Gasteiger partial charge in [-0.05, 0) is 93.8 Å². The molecule has 1 saturated carbocycles. The van der Waals surface area contributed by atoms with Crippen LogP contribution in [0.5, 0.6) is 0 Å². The van der Waals surface area contributed by atoms with Crippen LogP contribution in [0, 0.1) is 20.8 Å². The number of ether oxygens (including phenoxy) is 1. The maximum Gasteiger partial charge on any atom is 0.258 e. The van der Waals surface area contributed by atoms with Crippen molar-refractivity contribution >= 4 is 23.5 Å². The molecule has 242 valence electrons. The number of halogens is 1. The van der Waals surface area contributed by atoms with Crippen LogP contribution >= 0.6 is 0 Å². The molecule has 0 spiro atoms. The summed E-state index contributed by atoms with van der Waals surface area (Å²) in [6.45, 7) is 7.37. The molecule has 3 fully saturated rings. The van der Waals surface area contributed by atoms with Crippen LogP contribution in [0.2, 0.25) is 0 Å². The molecule has 11 heteroatoms. The molecule has 10 nitrogen and oxygen atoms in total. The quantitative estimate of drug-likeness (QED) is 0.246. The van der Waals surface area contributed by atoms with Crippen LogP contribution in [-0.4, -0.2) is 69.0 Å². The molecular weight excluding hydrogens is 597 g/mol. The highest BCUT2D eigenvalue weighted by Crippen LogP contribution is 2.42. The van der Waals surface area contributed by atoms with Crippen LogP contribution < -0.4 is 15.5 Å². The predicted octanol–water partition coefficient (Wildman–Crippen LogP) is 5.09. The lowest BCUT2D eigenvalue weighted by molar-refractivity contribution is -0.131. The maximum absolute atomic E-state index is 14.9. The molecule has 47 heavy (non-hydrogen) atoms. The first-order valence-electron chi connectivity index (χ1n) is 16.4. The van der Waals surface area contributed by atoms with Gasteiger partial charge in [-0.3, -0.25) is 14.7 Å². The second-order valence-electron chi connectivity index (χ2n) is 13.5. The summed E-state index contributed by atoms with van der Waals surface area (Å²) in [6.07, 6.45) is 2.98. The van der Waals surface area contributed by atoms with Gasteiger partial charge in [0.25, 0.3) is 5.91 Å². The molecule has 8 rings (SSSR count). The van der Waals surface area contributed by atoms with Gasteiger partial charge in [0.15, 0.2) is 5.67 Å². The van der Waals surface area contributed by atoms with Gasteiger partial charge in [-0.25, -0.2) is 14.4 Å². The number of aromatic nitrogens is 4. The molecule has 3 N–H and O–H groups in total. The molecule has 2 aliphatic carbocycles. The minimum atomic E-state index is -1.90. The Morgan fingerprint density at radius 3 is 2.53 bits per heavy atom. The number of hydrogen-bond donors (Lipinski definition) is 3. The van der Waals surface area contributed by atoms with Crippen molar-refractivity contribution in [2.75, 3.05) is 23.4 Å². The number of H-pyrrole nitrogens is 1. The van der Waals surface area contributed by atoms with E-state index in [1.807, 2.05) is 51.1 Å². The van der Waals surface area contributed by atoms with Gasteiger partial charge in [0.1, 0.15) is 6.04 Å². The molecule has 2 aliphatic heterocycles. The van der Waals surface area contributed by atoms with Crippen LogP contribution in [-0.2, 0) is 20.7 Å². The van der Waals surface area contributed by atoms with E-state index in [1.165, 1.54) is 0 Å². The third-order valence-corrected chi connectivity index (χ3v) is 10.2. The van der Waals surface area contributed by atoms with Crippen LogP contribution in [0.4, 0.5) is 16.0 Å². The number of anilines is 2. The van der Waals surface area contributed by atoms with Gasteiger partial charge in [0, 0.05) is 40.7 Å². The third-order valence-electron chi connectivity index (χ3n) is 10.2. The summed E-state index contributed by atoms with van der Waals surface area (Å²) in [7, 11) is 0. The highest BCUT2D eigenvalue weighted by Gasteiger charge is 2.52. The Kier molecular flexibility index (Phi) is 7.12. The Morgan fingerprint density at radius 1 is 1.06 bits per heavy atom. The predicted molar refractivity (Wildman–Crippen MR) is 176 cm³/mol. The van der Waals surface area contributed by atoms with E-state index >= 15 is 0 Å². The summed E-state index contributed by atoms with van der Waals surface area (Å²) in [6, 6.07) is 15.1. The van der Waals surface area contributed by atoms with Crippen LogP contribution in [0.1, 0.15) is 59.8 Å². The number of carbonyl (C=O) groups excluding carboxylic acids is 2. The lowest BCUT2D eigenvalue weighted by Gasteiger charge is -2.27. The number of benzene rings is 2. The van der Waals surface area contributed by atoms with Crippen molar-refractivity contribution in [3.8, 4) is 22.4 Å². The summed E-state index contributed by atoms with van der Waals surface area (Å²) >= 11 is 0. The first-order valence-corrected chi connectivity index (χ1v) is 16.4. The van der Waals surface area contributed by atoms with Crippen molar-refractivity contribution in [1.82, 2.24) is 25.5 Å². The fourth-order valence-corrected chi connectivity index (χ4v) is 7.49. The number of fused-ring (bicyclic) bond motifs is 3. The highest BCUT2D eigenvalue weighted by atomic mass is 19.1. The summed E-state index contributed by atoms with van der Waals surface area (Å²) in [4.78, 5) is 39.0. The van der Waals surface area contributed by atoms with Crippen molar-refractivity contribution in [3.63, 3.8) is 0 Å². The van der Waals surface area contributed by atoms with Crippen molar-refractivity contribution in [1.29, 1.82) is 0 Å². The van der Waals surface area contributed by atoms with E-state index in [1.54, 1.807) is 0 Å². The Morgan fingerprint density at radius 2 is 1.85 bits per heavy atom. The Labute approximate surface area is 272 Å². The van der Waals surface area contributed by atoms with E-state index < -0.39 is 17.6 Å². The average molecular weight is 636 g/mol. The number of nitrogens with zero attached hydrogens (tertiary/aromatic N) is 4. The number of carbonyl (C=O) groups is 2. The van der Waals surface area contributed by atoms with Gasteiger partial charge in [0.2, 0.25) is 11.9 Å². The zero-order chi connectivity index (χ0) is 32.4. The average Bonchev–Trinajstić information content (AvgIpc) is 3.46.